The molecule has 0 radical (unpaired) electrons. The number of carbonyl (C=O) groups is 1. The zero-order chi connectivity index (χ0) is 16.6. The minimum absolute atomic E-state index is 0. The van der Waals surface area contributed by atoms with Crippen LogP contribution in [0.3, 0.4) is 0 Å². The summed E-state index contributed by atoms with van der Waals surface area (Å²) in [5.74, 6) is -0.310. The Labute approximate surface area is 143 Å². The molecule has 2 N–H and O–H groups in total. The zero-order valence-corrected chi connectivity index (χ0v) is 13.4. The van der Waals surface area contributed by atoms with Crippen molar-refractivity contribution < 1.29 is 18.0 Å². The smallest absolute Gasteiger partial charge is 0.320 e. The van der Waals surface area contributed by atoms with Gasteiger partial charge < -0.3 is 5.73 Å². The molecule has 1 aliphatic rings. The van der Waals surface area contributed by atoms with E-state index in [1.54, 1.807) is 12.1 Å². The highest BCUT2D eigenvalue weighted by Gasteiger charge is 2.32. The van der Waals surface area contributed by atoms with Crippen molar-refractivity contribution in [3.63, 3.8) is 0 Å². The summed E-state index contributed by atoms with van der Waals surface area (Å²) >= 11 is 0. The van der Waals surface area contributed by atoms with Crippen molar-refractivity contribution in [2.45, 2.75) is 25.1 Å². The molecule has 3 nitrogen and oxygen atoms in total. The monoisotopic (exact) mass is 356 g/mol. The van der Waals surface area contributed by atoms with Crippen molar-refractivity contribution in [2.24, 2.45) is 5.73 Å². The largest absolute Gasteiger partial charge is 0.416 e. The van der Waals surface area contributed by atoms with Crippen LogP contribution in [-0.2, 0) is 17.4 Å². The van der Waals surface area contributed by atoms with Crippen LogP contribution in [-0.4, -0.2) is 11.9 Å². The van der Waals surface area contributed by atoms with Gasteiger partial charge in [-0.05, 0) is 48.7 Å². The van der Waals surface area contributed by atoms with E-state index in [0.29, 0.717) is 24.2 Å². The fourth-order valence-corrected chi connectivity index (χ4v) is 2.73. The van der Waals surface area contributed by atoms with Crippen LogP contribution in [0.4, 0.5) is 24.5 Å². The molecule has 0 bridgehead atoms. The molecule has 0 saturated carbocycles. The SMILES string of the molecule is Cl.NC1CCc2ccccc2N(c2ccc(C(F)(F)F)cc2)C1=O. The zero-order valence-electron chi connectivity index (χ0n) is 12.6. The number of benzene rings is 2. The molecule has 2 aromatic rings. The van der Waals surface area contributed by atoms with Crippen molar-refractivity contribution in [1.82, 2.24) is 0 Å². The van der Waals surface area contributed by atoms with Crippen LogP contribution in [0.5, 0.6) is 0 Å². The summed E-state index contributed by atoms with van der Waals surface area (Å²) in [6.07, 6.45) is -3.25. The maximum Gasteiger partial charge on any atom is 0.416 e. The average Bonchev–Trinajstić information content (AvgIpc) is 2.65. The summed E-state index contributed by atoms with van der Waals surface area (Å²) in [5, 5.41) is 0. The predicted molar refractivity (Wildman–Crippen MR) is 88.6 cm³/mol. The van der Waals surface area contributed by atoms with Crippen LogP contribution in [0.25, 0.3) is 0 Å². The molecule has 24 heavy (non-hydrogen) atoms. The summed E-state index contributed by atoms with van der Waals surface area (Å²) in [7, 11) is 0. The fraction of sp³-hybridized carbons (Fsp3) is 0.235. The van der Waals surface area contributed by atoms with E-state index in [4.69, 9.17) is 5.73 Å². The van der Waals surface area contributed by atoms with Gasteiger partial charge in [-0.2, -0.15) is 13.2 Å². The molecular weight excluding hydrogens is 341 g/mol. The van der Waals surface area contributed by atoms with Crippen LogP contribution in [0.15, 0.2) is 48.5 Å². The molecule has 1 unspecified atom stereocenters. The molecule has 128 valence electrons. The molecule has 1 amide bonds. The number of anilines is 2. The summed E-state index contributed by atoms with van der Waals surface area (Å²) in [6, 6.07) is 11.2. The third-order valence-electron chi connectivity index (χ3n) is 3.95. The third-order valence-corrected chi connectivity index (χ3v) is 3.95. The second kappa shape index (κ2) is 6.83. The Morgan fingerprint density at radius 1 is 1.04 bits per heavy atom. The molecule has 2 aromatic carbocycles. The molecule has 0 fully saturated rings. The van der Waals surface area contributed by atoms with Gasteiger partial charge in [0.05, 0.1) is 17.3 Å². The molecule has 1 heterocycles. The van der Waals surface area contributed by atoms with E-state index in [-0.39, 0.29) is 18.3 Å². The number of hydrogen-bond acceptors (Lipinski definition) is 2. The molecule has 7 heteroatoms. The number of amides is 1. The van der Waals surface area contributed by atoms with Gasteiger partial charge >= 0.3 is 6.18 Å². The van der Waals surface area contributed by atoms with Crippen LogP contribution < -0.4 is 10.6 Å². The van der Waals surface area contributed by atoms with Crippen molar-refractivity contribution >= 4 is 29.7 Å². The molecule has 0 saturated heterocycles. The Kier molecular flexibility index (Phi) is 5.20. The number of hydrogen-bond donors (Lipinski definition) is 1. The van der Waals surface area contributed by atoms with Gasteiger partial charge in [0.15, 0.2) is 0 Å². The Morgan fingerprint density at radius 2 is 1.67 bits per heavy atom. The van der Waals surface area contributed by atoms with E-state index in [2.05, 4.69) is 0 Å². The highest BCUT2D eigenvalue weighted by Crippen LogP contribution is 2.35. The lowest BCUT2D eigenvalue weighted by atomic mass is 10.1. The maximum absolute atomic E-state index is 12.7. The number of carbonyl (C=O) groups excluding carboxylic acids is 1. The quantitative estimate of drug-likeness (QED) is 0.837. The van der Waals surface area contributed by atoms with Gasteiger partial charge in [0.2, 0.25) is 5.91 Å². The number of para-hydroxylation sites is 1. The van der Waals surface area contributed by atoms with E-state index in [9.17, 15) is 18.0 Å². The standard InChI is InChI=1S/C17H15F3N2O.ClH/c18-17(19,20)12-6-8-13(9-7-12)22-15-4-2-1-3-11(15)5-10-14(21)16(22)23;/h1-4,6-9,14H,5,10,21H2;1H. The normalized spacial score (nSPS) is 17.8. The maximum atomic E-state index is 12.7. The molecule has 3 rings (SSSR count). The van der Waals surface area contributed by atoms with E-state index in [1.165, 1.54) is 17.0 Å². The molecular formula is C17H16ClF3N2O. The summed E-state index contributed by atoms with van der Waals surface area (Å²) in [5.41, 5.74) is 7.17. The molecule has 0 spiro atoms. The molecule has 1 aliphatic heterocycles. The first-order chi connectivity index (χ1) is 10.9. The summed E-state index contributed by atoms with van der Waals surface area (Å²) < 4.78 is 38.1. The van der Waals surface area contributed by atoms with Crippen LogP contribution in [0, 0.1) is 0 Å². The third kappa shape index (κ3) is 3.39. The minimum Gasteiger partial charge on any atom is -0.320 e. The molecule has 1 atom stereocenters. The number of nitrogens with zero attached hydrogens (tertiary/aromatic N) is 1. The number of nitrogens with two attached hydrogens (primary N) is 1. The van der Waals surface area contributed by atoms with Crippen molar-refractivity contribution in [3.05, 3.63) is 59.7 Å². The highest BCUT2D eigenvalue weighted by molar-refractivity contribution is 6.04. The van der Waals surface area contributed by atoms with Crippen molar-refractivity contribution in [3.8, 4) is 0 Å². The number of aryl methyl sites for hydroxylation is 1. The Balaban J connectivity index is 0.00000208. The highest BCUT2D eigenvalue weighted by atomic mass is 35.5. The first-order valence-electron chi connectivity index (χ1n) is 7.22. The first kappa shape index (κ1) is 18.3. The van der Waals surface area contributed by atoms with Crippen molar-refractivity contribution in [1.29, 1.82) is 0 Å². The van der Waals surface area contributed by atoms with Gasteiger partial charge in [0.25, 0.3) is 0 Å². The summed E-state index contributed by atoms with van der Waals surface area (Å²) in [6.45, 7) is 0. The number of fused-ring (bicyclic) bond motifs is 1. The Bertz CT molecular complexity index is 731. The fourth-order valence-electron chi connectivity index (χ4n) is 2.73. The summed E-state index contributed by atoms with van der Waals surface area (Å²) in [4.78, 5) is 14.0. The lowest BCUT2D eigenvalue weighted by molar-refractivity contribution is -0.137. The number of halogens is 4. The second-order valence-electron chi connectivity index (χ2n) is 5.49. The minimum atomic E-state index is -4.41. The van der Waals surface area contributed by atoms with Gasteiger partial charge in [0, 0.05) is 5.69 Å². The molecule has 0 aliphatic carbocycles. The lowest BCUT2D eigenvalue weighted by Crippen LogP contribution is -2.40. The van der Waals surface area contributed by atoms with Gasteiger partial charge in [-0.15, -0.1) is 12.4 Å². The van der Waals surface area contributed by atoms with E-state index in [1.807, 2.05) is 12.1 Å². The topological polar surface area (TPSA) is 46.3 Å². The second-order valence-corrected chi connectivity index (χ2v) is 5.49. The van der Waals surface area contributed by atoms with Crippen LogP contribution in [0.2, 0.25) is 0 Å². The van der Waals surface area contributed by atoms with Gasteiger partial charge in [-0.1, -0.05) is 18.2 Å². The predicted octanol–water partition coefficient (Wildman–Crippen LogP) is 4.07. The molecule has 0 aromatic heterocycles. The van der Waals surface area contributed by atoms with E-state index in [0.717, 1.165) is 17.7 Å². The van der Waals surface area contributed by atoms with Gasteiger partial charge in [-0.25, -0.2) is 0 Å². The van der Waals surface area contributed by atoms with Crippen LogP contribution >= 0.6 is 12.4 Å². The van der Waals surface area contributed by atoms with Gasteiger partial charge in [-0.3, -0.25) is 9.69 Å². The Hall–Kier alpha value is -2.05. The van der Waals surface area contributed by atoms with Crippen molar-refractivity contribution in [2.75, 3.05) is 4.90 Å². The number of rotatable bonds is 1. The Morgan fingerprint density at radius 3 is 2.29 bits per heavy atom. The van der Waals surface area contributed by atoms with Crippen LogP contribution in [0.1, 0.15) is 17.5 Å². The average molecular weight is 357 g/mol. The van der Waals surface area contributed by atoms with E-state index < -0.39 is 17.8 Å². The van der Waals surface area contributed by atoms with Gasteiger partial charge in [0.1, 0.15) is 0 Å². The number of alkyl halides is 3. The van der Waals surface area contributed by atoms with E-state index >= 15 is 0 Å². The first-order valence-corrected chi connectivity index (χ1v) is 7.22. The lowest BCUT2D eigenvalue weighted by Gasteiger charge is -2.25.